The lowest BCUT2D eigenvalue weighted by Crippen LogP contribution is -2.38. The molecule has 0 saturated carbocycles. The highest BCUT2D eigenvalue weighted by Crippen LogP contribution is 2.24. The summed E-state index contributed by atoms with van der Waals surface area (Å²) >= 11 is 1.13. The number of amides is 2. The van der Waals surface area contributed by atoms with Gasteiger partial charge in [0.2, 0.25) is 21.8 Å². The van der Waals surface area contributed by atoms with Gasteiger partial charge in [0.05, 0.1) is 5.92 Å². The van der Waals surface area contributed by atoms with Crippen molar-refractivity contribution in [3.8, 4) is 0 Å². The minimum atomic E-state index is -3.53. The van der Waals surface area contributed by atoms with E-state index in [-0.39, 0.29) is 35.5 Å². The first-order valence-electron chi connectivity index (χ1n) is 8.13. The van der Waals surface area contributed by atoms with E-state index in [1.54, 1.807) is 16.3 Å². The maximum Gasteiger partial charge on any atom is 0.250 e. The Bertz CT molecular complexity index is 867. The molecule has 2 heterocycles. The molecule has 9 heteroatoms. The third-order valence-corrected chi connectivity index (χ3v) is 6.90. The lowest BCUT2D eigenvalue weighted by molar-refractivity contribution is -0.126. The number of carbonyl (C=O) groups is 2. The van der Waals surface area contributed by atoms with Gasteiger partial charge in [-0.05, 0) is 23.6 Å². The summed E-state index contributed by atoms with van der Waals surface area (Å²) in [6.45, 7) is 0.587. The van der Waals surface area contributed by atoms with E-state index in [0.29, 0.717) is 6.54 Å². The standard InChI is InChI=1S/C17H19N3O4S2/c21-15-11-13(12-20(15)14-5-2-1-3-6-14)17(22)18-8-9-19-26(23,24)16-7-4-10-25-16/h1-7,10,13,19H,8-9,11-12H2,(H,18,22)/t13-/m0/s1. The van der Waals surface area contributed by atoms with E-state index in [4.69, 9.17) is 0 Å². The molecule has 1 aromatic heterocycles. The fourth-order valence-corrected chi connectivity index (χ4v) is 4.81. The molecule has 1 aliphatic heterocycles. The summed E-state index contributed by atoms with van der Waals surface area (Å²) in [5, 5.41) is 4.38. The summed E-state index contributed by atoms with van der Waals surface area (Å²) in [7, 11) is -3.53. The van der Waals surface area contributed by atoms with Crippen LogP contribution < -0.4 is 14.9 Å². The summed E-state index contributed by atoms with van der Waals surface area (Å²) in [5.74, 6) is -0.765. The molecule has 3 rings (SSSR count). The molecule has 138 valence electrons. The summed E-state index contributed by atoms with van der Waals surface area (Å²) in [6.07, 6.45) is 0.154. The predicted molar refractivity (Wildman–Crippen MR) is 99.4 cm³/mol. The number of para-hydroxylation sites is 1. The molecule has 1 aromatic carbocycles. The highest BCUT2D eigenvalue weighted by Gasteiger charge is 2.34. The maximum atomic E-state index is 12.3. The average Bonchev–Trinajstić information content (AvgIpc) is 3.29. The molecule has 2 amide bonds. The van der Waals surface area contributed by atoms with Crippen molar-refractivity contribution >= 4 is 38.9 Å². The van der Waals surface area contributed by atoms with Crippen LogP contribution in [0.3, 0.4) is 0 Å². The fourth-order valence-electron chi connectivity index (χ4n) is 2.74. The second-order valence-electron chi connectivity index (χ2n) is 5.86. The number of nitrogens with zero attached hydrogens (tertiary/aromatic N) is 1. The lowest BCUT2D eigenvalue weighted by atomic mass is 10.1. The molecule has 0 bridgehead atoms. The second-order valence-corrected chi connectivity index (χ2v) is 8.80. The van der Waals surface area contributed by atoms with E-state index in [0.717, 1.165) is 17.0 Å². The van der Waals surface area contributed by atoms with Gasteiger partial charge in [-0.15, -0.1) is 11.3 Å². The lowest BCUT2D eigenvalue weighted by Gasteiger charge is -2.16. The maximum absolute atomic E-state index is 12.3. The Kier molecular flexibility index (Phi) is 5.70. The molecule has 0 unspecified atom stereocenters. The van der Waals surface area contributed by atoms with Crippen LogP contribution in [-0.4, -0.2) is 39.9 Å². The molecule has 7 nitrogen and oxygen atoms in total. The molecule has 2 N–H and O–H groups in total. The number of sulfonamides is 1. The van der Waals surface area contributed by atoms with E-state index in [2.05, 4.69) is 10.0 Å². The molecule has 0 aliphatic carbocycles. The van der Waals surface area contributed by atoms with Crippen molar-refractivity contribution in [3.05, 3.63) is 47.8 Å². The third-order valence-electron chi connectivity index (χ3n) is 4.04. The van der Waals surface area contributed by atoms with Gasteiger partial charge < -0.3 is 10.2 Å². The first-order chi connectivity index (χ1) is 12.5. The number of benzene rings is 1. The molecule has 0 radical (unpaired) electrons. The largest absolute Gasteiger partial charge is 0.354 e. The van der Waals surface area contributed by atoms with Crippen molar-refractivity contribution in [2.75, 3.05) is 24.5 Å². The quantitative estimate of drug-likeness (QED) is 0.691. The Morgan fingerprint density at radius 3 is 2.62 bits per heavy atom. The van der Waals surface area contributed by atoms with Crippen molar-refractivity contribution in [3.63, 3.8) is 0 Å². The van der Waals surface area contributed by atoms with Crippen LogP contribution >= 0.6 is 11.3 Å². The van der Waals surface area contributed by atoms with Crippen LogP contribution in [0.25, 0.3) is 0 Å². The SMILES string of the molecule is O=C(NCCNS(=O)(=O)c1cccs1)[C@H]1CC(=O)N(c2ccccc2)C1. The minimum absolute atomic E-state index is 0.0882. The van der Waals surface area contributed by atoms with Crippen LogP contribution in [0.2, 0.25) is 0 Å². The zero-order valence-corrected chi connectivity index (χ0v) is 15.6. The van der Waals surface area contributed by atoms with Gasteiger partial charge in [0.25, 0.3) is 0 Å². The fraction of sp³-hybridized carbons (Fsp3) is 0.294. The van der Waals surface area contributed by atoms with Gasteiger partial charge in [-0.1, -0.05) is 24.3 Å². The summed E-state index contributed by atoms with van der Waals surface area (Å²) in [6, 6.07) is 12.4. The third kappa shape index (κ3) is 4.29. The van der Waals surface area contributed by atoms with Gasteiger partial charge in [-0.3, -0.25) is 9.59 Å². The molecule has 0 spiro atoms. The molecule has 1 atom stereocenters. The predicted octanol–water partition coefficient (Wildman–Crippen LogP) is 1.20. The molecule has 2 aromatic rings. The van der Waals surface area contributed by atoms with E-state index < -0.39 is 15.9 Å². The van der Waals surface area contributed by atoms with Gasteiger partial charge in [0.15, 0.2) is 0 Å². The molecule has 26 heavy (non-hydrogen) atoms. The average molecular weight is 393 g/mol. The Labute approximate surface area is 156 Å². The van der Waals surface area contributed by atoms with E-state index >= 15 is 0 Å². The van der Waals surface area contributed by atoms with Crippen LogP contribution in [0.1, 0.15) is 6.42 Å². The Hall–Kier alpha value is -2.23. The molecule has 1 aliphatic rings. The minimum Gasteiger partial charge on any atom is -0.354 e. The monoisotopic (exact) mass is 393 g/mol. The number of hydrogen-bond acceptors (Lipinski definition) is 5. The summed E-state index contributed by atoms with van der Waals surface area (Å²) < 4.78 is 26.6. The van der Waals surface area contributed by atoms with Gasteiger partial charge >= 0.3 is 0 Å². The highest BCUT2D eigenvalue weighted by atomic mass is 32.2. The Morgan fingerprint density at radius 1 is 1.15 bits per heavy atom. The normalized spacial score (nSPS) is 17.5. The number of carbonyl (C=O) groups excluding carboxylic acids is 2. The van der Waals surface area contributed by atoms with Gasteiger partial charge in [0, 0.05) is 31.7 Å². The molecule has 1 saturated heterocycles. The number of rotatable bonds is 7. The zero-order valence-electron chi connectivity index (χ0n) is 13.9. The van der Waals surface area contributed by atoms with Crippen LogP contribution in [0.15, 0.2) is 52.1 Å². The number of nitrogens with one attached hydrogen (secondary N) is 2. The number of anilines is 1. The van der Waals surface area contributed by atoms with Crippen molar-refractivity contribution in [1.29, 1.82) is 0 Å². The molecular formula is C17H19N3O4S2. The van der Waals surface area contributed by atoms with Crippen molar-refractivity contribution in [1.82, 2.24) is 10.0 Å². The van der Waals surface area contributed by atoms with Crippen molar-refractivity contribution in [2.45, 2.75) is 10.6 Å². The van der Waals surface area contributed by atoms with Crippen LogP contribution in [0.5, 0.6) is 0 Å². The van der Waals surface area contributed by atoms with Crippen LogP contribution in [-0.2, 0) is 19.6 Å². The van der Waals surface area contributed by atoms with Crippen molar-refractivity contribution < 1.29 is 18.0 Å². The van der Waals surface area contributed by atoms with Gasteiger partial charge in [-0.2, -0.15) is 0 Å². The highest BCUT2D eigenvalue weighted by molar-refractivity contribution is 7.91. The van der Waals surface area contributed by atoms with Crippen molar-refractivity contribution in [2.24, 2.45) is 5.92 Å². The smallest absolute Gasteiger partial charge is 0.250 e. The Balaban J connectivity index is 1.47. The van der Waals surface area contributed by atoms with Gasteiger partial charge in [-0.25, -0.2) is 13.1 Å². The first kappa shape index (κ1) is 18.6. The van der Waals surface area contributed by atoms with Crippen LogP contribution in [0.4, 0.5) is 5.69 Å². The van der Waals surface area contributed by atoms with Gasteiger partial charge in [0.1, 0.15) is 4.21 Å². The van der Waals surface area contributed by atoms with E-state index in [1.807, 2.05) is 30.3 Å². The molecular weight excluding hydrogens is 374 g/mol. The summed E-state index contributed by atoms with van der Waals surface area (Å²) in [5.41, 5.74) is 0.775. The first-order valence-corrected chi connectivity index (χ1v) is 10.5. The number of thiophene rings is 1. The summed E-state index contributed by atoms with van der Waals surface area (Å²) in [4.78, 5) is 26.0. The molecule has 1 fully saturated rings. The topological polar surface area (TPSA) is 95.6 Å². The van der Waals surface area contributed by atoms with E-state index in [9.17, 15) is 18.0 Å². The van der Waals surface area contributed by atoms with Crippen LogP contribution in [0, 0.1) is 5.92 Å². The second kappa shape index (κ2) is 7.98. The van der Waals surface area contributed by atoms with E-state index in [1.165, 1.54) is 6.07 Å². The Morgan fingerprint density at radius 2 is 1.92 bits per heavy atom. The number of hydrogen-bond donors (Lipinski definition) is 2. The zero-order chi connectivity index (χ0) is 18.6.